The number of likely N-dealkylation sites (N-methyl/N-ethyl adjacent to an activating group) is 1. The molecular formula is C15H30N2O2. The summed E-state index contributed by atoms with van der Waals surface area (Å²) in [5.41, 5.74) is -0.683. The van der Waals surface area contributed by atoms with Gasteiger partial charge in [0.05, 0.1) is 12.1 Å². The number of hydrogen-bond acceptors (Lipinski definition) is 2. The molecule has 1 aliphatic carbocycles. The van der Waals surface area contributed by atoms with Crippen molar-refractivity contribution in [2.45, 2.75) is 71.9 Å². The first-order chi connectivity index (χ1) is 8.65. The normalized spacial score (nSPS) is 22.9. The lowest BCUT2D eigenvalue weighted by molar-refractivity contribution is 0.0458. The monoisotopic (exact) mass is 270 g/mol. The molecule has 4 nitrogen and oxygen atoms in total. The Kier molecular flexibility index (Phi) is 5.25. The van der Waals surface area contributed by atoms with Crippen molar-refractivity contribution in [3.05, 3.63) is 0 Å². The summed E-state index contributed by atoms with van der Waals surface area (Å²) in [5.74, 6) is 0. The lowest BCUT2D eigenvalue weighted by Gasteiger charge is -2.40. The minimum Gasteiger partial charge on any atom is -0.389 e. The Morgan fingerprint density at radius 3 is 2.53 bits per heavy atom. The van der Waals surface area contributed by atoms with Crippen molar-refractivity contribution in [2.24, 2.45) is 5.41 Å². The molecule has 1 fully saturated rings. The van der Waals surface area contributed by atoms with E-state index in [0.29, 0.717) is 13.1 Å². The molecule has 0 heterocycles. The fourth-order valence-electron chi connectivity index (χ4n) is 2.80. The first kappa shape index (κ1) is 16.3. The van der Waals surface area contributed by atoms with Crippen LogP contribution in [0.5, 0.6) is 0 Å². The zero-order valence-corrected chi connectivity index (χ0v) is 13.1. The second-order valence-corrected chi connectivity index (χ2v) is 7.06. The van der Waals surface area contributed by atoms with Gasteiger partial charge in [0.1, 0.15) is 0 Å². The fourth-order valence-corrected chi connectivity index (χ4v) is 2.80. The van der Waals surface area contributed by atoms with Crippen LogP contribution in [-0.2, 0) is 0 Å². The van der Waals surface area contributed by atoms with E-state index < -0.39 is 5.60 Å². The highest BCUT2D eigenvalue weighted by atomic mass is 16.3. The van der Waals surface area contributed by atoms with Gasteiger partial charge in [-0.25, -0.2) is 4.79 Å². The van der Waals surface area contributed by atoms with E-state index in [4.69, 9.17) is 0 Å². The Morgan fingerprint density at radius 2 is 2.05 bits per heavy atom. The molecule has 2 amide bonds. The van der Waals surface area contributed by atoms with E-state index in [1.165, 1.54) is 12.8 Å². The van der Waals surface area contributed by atoms with Crippen LogP contribution in [0.3, 0.4) is 0 Å². The Bertz CT molecular complexity index is 308. The smallest absolute Gasteiger partial charge is 0.317 e. The SMILES string of the molecule is CCN(CC(C)(C)O)C(=O)NC1CCCCC1(C)C. The van der Waals surface area contributed by atoms with Crippen LogP contribution in [0, 0.1) is 5.41 Å². The van der Waals surface area contributed by atoms with Crippen LogP contribution in [0.4, 0.5) is 4.79 Å². The standard InChI is InChI=1S/C15H30N2O2/c1-6-17(11-15(4,5)19)13(18)16-12-9-7-8-10-14(12,2)3/h12,19H,6-11H2,1-5H3,(H,16,18). The summed E-state index contributed by atoms with van der Waals surface area (Å²) in [6, 6.07) is 0.189. The number of nitrogens with zero attached hydrogens (tertiary/aromatic N) is 1. The van der Waals surface area contributed by atoms with Gasteiger partial charge < -0.3 is 15.3 Å². The molecule has 0 aliphatic heterocycles. The molecule has 1 aliphatic rings. The van der Waals surface area contributed by atoms with Crippen molar-refractivity contribution in [2.75, 3.05) is 13.1 Å². The van der Waals surface area contributed by atoms with Gasteiger partial charge in [-0.1, -0.05) is 26.7 Å². The Morgan fingerprint density at radius 1 is 1.42 bits per heavy atom. The Labute approximate surface area is 117 Å². The van der Waals surface area contributed by atoms with Gasteiger partial charge in [-0.05, 0) is 39.0 Å². The van der Waals surface area contributed by atoms with Gasteiger partial charge in [0.2, 0.25) is 0 Å². The zero-order valence-electron chi connectivity index (χ0n) is 13.1. The van der Waals surface area contributed by atoms with E-state index in [2.05, 4.69) is 19.2 Å². The van der Waals surface area contributed by atoms with Crippen LogP contribution in [0.25, 0.3) is 0 Å². The summed E-state index contributed by atoms with van der Waals surface area (Å²) in [7, 11) is 0. The van der Waals surface area contributed by atoms with Gasteiger partial charge in [0.15, 0.2) is 0 Å². The van der Waals surface area contributed by atoms with Gasteiger partial charge in [-0.2, -0.15) is 0 Å². The topological polar surface area (TPSA) is 52.6 Å². The summed E-state index contributed by atoms with van der Waals surface area (Å²) >= 11 is 0. The number of carbonyl (C=O) groups is 1. The maximum atomic E-state index is 12.3. The van der Waals surface area contributed by atoms with Gasteiger partial charge >= 0.3 is 6.03 Å². The predicted molar refractivity (Wildman–Crippen MR) is 78.1 cm³/mol. The van der Waals surface area contributed by atoms with Crippen molar-refractivity contribution >= 4 is 6.03 Å². The summed E-state index contributed by atoms with van der Waals surface area (Å²) in [6.45, 7) is 10.8. The minimum atomic E-state index is -0.852. The number of amides is 2. The quantitative estimate of drug-likeness (QED) is 0.825. The maximum absolute atomic E-state index is 12.3. The molecule has 112 valence electrons. The van der Waals surface area contributed by atoms with Crippen LogP contribution in [-0.4, -0.2) is 40.8 Å². The molecule has 0 aromatic heterocycles. The lowest BCUT2D eigenvalue weighted by atomic mass is 9.73. The number of hydrogen-bond donors (Lipinski definition) is 2. The van der Waals surface area contributed by atoms with Gasteiger partial charge in [-0.15, -0.1) is 0 Å². The molecule has 1 rings (SSSR count). The minimum absolute atomic E-state index is 0.0513. The molecule has 0 aromatic carbocycles. The molecule has 4 heteroatoms. The molecule has 0 bridgehead atoms. The third kappa shape index (κ3) is 5.01. The molecule has 0 saturated heterocycles. The first-order valence-electron chi connectivity index (χ1n) is 7.43. The number of urea groups is 1. The van der Waals surface area contributed by atoms with Crippen LogP contribution in [0.1, 0.15) is 60.3 Å². The van der Waals surface area contributed by atoms with E-state index in [1.807, 2.05) is 6.92 Å². The molecule has 19 heavy (non-hydrogen) atoms. The summed E-state index contributed by atoms with van der Waals surface area (Å²) in [6.07, 6.45) is 4.65. The fraction of sp³-hybridized carbons (Fsp3) is 0.933. The molecule has 0 spiro atoms. The number of aliphatic hydroxyl groups is 1. The molecule has 0 radical (unpaired) electrons. The molecule has 0 aromatic rings. The summed E-state index contributed by atoms with van der Waals surface area (Å²) in [5, 5.41) is 13.0. The third-order valence-electron chi connectivity index (χ3n) is 4.05. The van der Waals surface area contributed by atoms with Crippen molar-refractivity contribution in [1.29, 1.82) is 0 Å². The van der Waals surface area contributed by atoms with Gasteiger partial charge in [0, 0.05) is 12.6 Å². The molecule has 2 N–H and O–H groups in total. The highest BCUT2D eigenvalue weighted by molar-refractivity contribution is 5.74. The van der Waals surface area contributed by atoms with Gasteiger partial charge in [-0.3, -0.25) is 0 Å². The number of rotatable bonds is 4. The van der Waals surface area contributed by atoms with Crippen molar-refractivity contribution in [1.82, 2.24) is 10.2 Å². The maximum Gasteiger partial charge on any atom is 0.317 e. The van der Waals surface area contributed by atoms with Crippen LogP contribution in [0.15, 0.2) is 0 Å². The highest BCUT2D eigenvalue weighted by Crippen LogP contribution is 2.35. The zero-order chi connectivity index (χ0) is 14.7. The molecule has 1 atom stereocenters. The third-order valence-corrected chi connectivity index (χ3v) is 4.05. The molecule has 1 unspecified atom stereocenters. The summed E-state index contributed by atoms with van der Waals surface area (Å²) < 4.78 is 0. The van der Waals surface area contributed by atoms with E-state index in [-0.39, 0.29) is 17.5 Å². The average Bonchev–Trinajstić information content (AvgIpc) is 2.27. The van der Waals surface area contributed by atoms with E-state index in [1.54, 1.807) is 18.7 Å². The van der Waals surface area contributed by atoms with Gasteiger partial charge in [0.25, 0.3) is 0 Å². The Hall–Kier alpha value is -0.770. The second-order valence-electron chi connectivity index (χ2n) is 7.06. The molecule has 1 saturated carbocycles. The largest absolute Gasteiger partial charge is 0.389 e. The van der Waals surface area contributed by atoms with E-state index >= 15 is 0 Å². The highest BCUT2D eigenvalue weighted by Gasteiger charge is 2.34. The van der Waals surface area contributed by atoms with Crippen LogP contribution < -0.4 is 5.32 Å². The van der Waals surface area contributed by atoms with Crippen molar-refractivity contribution < 1.29 is 9.90 Å². The first-order valence-corrected chi connectivity index (χ1v) is 7.43. The van der Waals surface area contributed by atoms with Crippen molar-refractivity contribution in [3.8, 4) is 0 Å². The summed E-state index contributed by atoms with van der Waals surface area (Å²) in [4.78, 5) is 14.0. The van der Waals surface area contributed by atoms with Crippen LogP contribution >= 0.6 is 0 Å². The molecular weight excluding hydrogens is 240 g/mol. The Balaban J connectivity index is 2.61. The predicted octanol–water partition coefficient (Wildman–Crippen LogP) is 2.76. The number of nitrogens with one attached hydrogen (secondary N) is 1. The van der Waals surface area contributed by atoms with Crippen LogP contribution in [0.2, 0.25) is 0 Å². The number of carbonyl (C=O) groups excluding carboxylic acids is 1. The van der Waals surface area contributed by atoms with Crippen molar-refractivity contribution in [3.63, 3.8) is 0 Å². The average molecular weight is 270 g/mol. The van der Waals surface area contributed by atoms with E-state index in [9.17, 15) is 9.90 Å². The lowest BCUT2D eigenvalue weighted by Crippen LogP contribution is -2.53. The van der Waals surface area contributed by atoms with E-state index in [0.717, 1.165) is 12.8 Å². The second kappa shape index (κ2) is 6.12.